The van der Waals surface area contributed by atoms with Crippen molar-refractivity contribution in [2.75, 3.05) is 28.4 Å². The molecule has 0 fully saturated rings. The van der Waals surface area contributed by atoms with Crippen LogP contribution in [0.1, 0.15) is 20.7 Å². The molecule has 0 aliphatic carbocycles. The molecule has 0 aliphatic heterocycles. The van der Waals surface area contributed by atoms with Gasteiger partial charge in [-0.15, -0.1) is 0 Å². The molecule has 0 saturated heterocycles. The number of methoxy groups -OCH3 is 4. The SMILES string of the molecule is COC(=O)c1cc(C(=O)OC)c2cc(OC)c(OC)cc2c1. The van der Waals surface area contributed by atoms with E-state index in [1.54, 1.807) is 18.2 Å². The number of carbonyl (C=O) groups is 2. The van der Waals surface area contributed by atoms with Crippen molar-refractivity contribution in [3.63, 3.8) is 0 Å². The first-order valence-electron chi connectivity index (χ1n) is 6.42. The van der Waals surface area contributed by atoms with E-state index < -0.39 is 11.9 Å². The summed E-state index contributed by atoms with van der Waals surface area (Å²) < 4.78 is 20.0. The third-order valence-corrected chi connectivity index (χ3v) is 3.28. The minimum Gasteiger partial charge on any atom is -0.493 e. The molecule has 116 valence electrons. The van der Waals surface area contributed by atoms with E-state index in [-0.39, 0.29) is 11.1 Å². The fourth-order valence-corrected chi connectivity index (χ4v) is 2.20. The summed E-state index contributed by atoms with van der Waals surface area (Å²) in [5, 5.41) is 1.23. The zero-order valence-corrected chi connectivity index (χ0v) is 12.8. The van der Waals surface area contributed by atoms with Crippen LogP contribution in [0, 0.1) is 0 Å². The molecular formula is C16H16O6. The number of fused-ring (bicyclic) bond motifs is 1. The highest BCUT2D eigenvalue weighted by Gasteiger charge is 2.18. The molecule has 6 nitrogen and oxygen atoms in total. The number of ether oxygens (including phenoxy) is 4. The molecular weight excluding hydrogens is 288 g/mol. The summed E-state index contributed by atoms with van der Waals surface area (Å²) in [4.78, 5) is 23.8. The Morgan fingerprint density at radius 2 is 1.36 bits per heavy atom. The van der Waals surface area contributed by atoms with Crippen LogP contribution in [0.5, 0.6) is 11.5 Å². The molecule has 22 heavy (non-hydrogen) atoms. The number of hydrogen-bond acceptors (Lipinski definition) is 6. The van der Waals surface area contributed by atoms with Crippen molar-refractivity contribution in [3.05, 3.63) is 35.4 Å². The smallest absolute Gasteiger partial charge is 0.338 e. The van der Waals surface area contributed by atoms with Gasteiger partial charge in [-0.25, -0.2) is 9.59 Å². The fourth-order valence-electron chi connectivity index (χ4n) is 2.20. The molecule has 0 aliphatic rings. The summed E-state index contributed by atoms with van der Waals surface area (Å²) in [7, 11) is 5.57. The Morgan fingerprint density at radius 3 is 1.91 bits per heavy atom. The third kappa shape index (κ3) is 2.67. The van der Waals surface area contributed by atoms with Crippen molar-refractivity contribution in [2.45, 2.75) is 0 Å². The molecule has 2 aromatic carbocycles. The second kappa shape index (κ2) is 6.34. The largest absolute Gasteiger partial charge is 0.493 e. The number of esters is 2. The Labute approximate surface area is 127 Å². The zero-order valence-electron chi connectivity index (χ0n) is 12.8. The zero-order chi connectivity index (χ0) is 16.3. The first-order chi connectivity index (χ1) is 10.5. The van der Waals surface area contributed by atoms with Crippen molar-refractivity contribution < 1.29 is 28.5 Å². The molecule has 0 amide bonds. The average Bonchev–Trinajstić information content (AvgIpc) is 2.57. The van der Waals surface area contributed by atoms with Gasteiger partial charge in [0.1, 0.15) is 0 Å². The molecule has 0 atom stereocenters. The Bertz CT molecular complexity index is 735. The standard InChI is InChI=1S/C16H16O6/c1-19-13-7-9-5-10(15(17)21-3)6-12(16(18)22-4)11(9)8-14(13)20-2/h5-8H,1-4H3. The molecule has 0 radical (unpaired) electrons. The second-order valence-electron chi connectivity index (χ2n) is 4.44. The van der Waals surface area contributed by atoms with E-state index in [1.807, 2.05) is 0 Å². The van der Waals surface area contributed by atoms with Gasteiger partial charge in [0.25, 0.3) is 0 Å². The summed E-state index contributed by atoms with van der Waals surface area (Å²) in [5.74, 6) is -0.122. The van der Waals surface area contributed by atoms with Gasteiger partial charge in [0, 0.05) is 5.39 Å². The summed E-state index contributed by atoms with van der Waals surface area (Å²) >= 11 is 0. The van der Waals surface area contributed by atoms with E-state index in [2.05, 4.69) is 0 Å². The normalized spacial score (nSPS) is 10.2. The predicted molar refractivity (Wildman–Crippen MR) is 79.7 cm³/mol. The maximum Gasteiger partial charge on any atom is 0.338 e. The minimum atomic E-state index is -0.553. The number of rotatable bonds is 4. The van der Waals surface area contributed by atoms with Gasteiger partial charge in [-0.3, -0.25) is 0 Å². The lowest BCUT2D eigenvalue weighted by Gasteiger charge is -2.12. The van der Waals surface area contributed by atoms with Crippen LogP contribution in [0.25, 0.3) is 10.8 Å². The van der Waals surface area contributed by atoms with Crippen molar-refractivity contribution >= 4 is 22.7 Å². The van der Waals surface area contributed by atoms with Gasteiger partial charge >= 0.3 is 11.9 Å². The predicted octanol–water partition coefficient (Wildman–Crippen LogP) is 2.43. The van der Waals surface area contributed by atoms with Gasteiger partial charge in [-0.05, 0) is 29.7 Å². The van der Waals surface area contributed by atoms with Crippen molar-refractivity contribution in [1.82, 2.24) is 0 Å². The number of carbonyl (C=O) groups excluding carboxylic acids is 2. The van der Waals surface area contributed by atoms with Crippen molar-refractivity contribution in [1.29, 1.82) is 0 Å². The van der Waals surface area contributed by atoms with E-state index in [4.69, 9.17) is 18.9 Å². The molecule has 6 heteroatoms. The first kappa shape index (κ1) is 15.6. The van der Waals surface area contributed by atoms with Crippen LogP contribution < -0.4 is 9.47 Å². The van der Waals surface area contributed by atoms with E-state index in [1.165, 1.54) is 34.5 Å². The van der Waals surface area contributed by atoms with Crippen LogP contribution in [0.15, 0.2) is 24.3 Å². The molecule has 2 rings (SSSR count). The van der Waals surface area contributed by atoms with E-state index >= 15 is 0 Å². The van der Waals surface area contributed by atoms with Gasteiger partial charge in [0.2, 0.25) is 0 Å². The highest BCUT2D eigenvalue weighted by Crippen LogP contribution is 2.34. The van der Waals surface area contributed by atoms with E-state index in [9.17, 15) is 9.59 Å². The molecule has 0 aromatic heterocycles. The summed E-state index contributed by atoms with van der Waals surface area (Å²) in [5.41, 5.74) is 0.504. The van der Waals surface area contributed by atoms with Gasteiger partial charge in [-0.2, -0.15) is 0 Å². The van der Waals surface area contributed by atoms with Crippen LogP contribution in [-0.4, -0.2) is 40.4 Å². The quantitative estimate of drug-likeness (QED) is 0.808. The maximum atomic E-state index is 12.0. The molecule has 2 aromatic rings. The lowest BCUT2D eigenvalue weighted by atomic mass is 10.00. The summed E-state index contributed by atoms with van der Waals surface area (Å²) in [6, 6.07) is 6.41. The maximum absolute atomic E-state index is 12.0. The number of benzene rings is 2. The Hall–Kier alpha value is -2.76. The van der Waals surface area contributed by atoms with Gasteiger partial charge in [0.05, 0.1) is 39.6 Å². The van der Waals surface area contributed by atoms with Crippen molar-refractivity contribution in [3.8, 4) is 11.5 Å². The Balaban J connectivity index is 2.81. The summed E-state index contributed by atoms with van der Waals surface area (Å²) in [6.45, 7) is 0. The monoisotopic (exact) mass is 304 g/mol. The van der Waals surface area contributed by atoms with Crippen LogP contribution in [-0.2, 0) is 9.47 Å². The lowest BCUT2D eigenvalue weighted by Crippen LogP contribution is -2.07. The summed E-state index contributed by atoms with van der Waals surface area (Å²) in [6.07, 6.45) is 0. The topological polar surface area (TPSA) is 71.1 Å². The molecule has 0 saturated carbocycles. The highest BCUT2D eigenvalue weighted by atomic mass is 16.5. The Kier molecular flexibility index (Phi) is 4.50. The minimum absolute atomic E-state index is 0.251. The van der Waals surface area contributed by atoms with Crippen molar-refractivity contribution in [2.24, 2.45) is 0 Å². The van der Waals surface area contributed by atoms with Crippen LogP contribution >= 0.6 is 0 Å². The fraction of sp³-hybridized carbons (Fsp3) is 0.250. The molecule has 0 unspecified atom stereocenters. The number of hydrogen-bond donors (Lipinski definition) is 0. The van der Waals surface area contributed by atoms with Gasteiger partial charge < -0.3 is 18.9 Å². The van der Waals surface area contributed by atoms with E-state index in [0.717, 1.165) is 0 Å². The van der Waals surface area contributed by atoms with Crippen LogP contribution in [0.3, 0.4) is 0 Å². The van der Waals surface area contributed by atoms with Gasteiger partial charge in [0.15, 0.2) is 11.5 Å². The van der Waals surface area contributed by atoms with Crippen LogP contribution in [0.4, 0.5) is 0 Å². The Morgan fingerprint density at radius 1 is 0.773 bits per heavy atom. The lowest BCUT2D eigenvalue weighted by molar-refractivity contribution is 0.0600. The third-order valence-electron chi connectivity index (χ3n) is 3.28. The molecule has 0 spiro atoms. The second-order valence-corrected chi connectivity index (χ2v) is 4.44. The molecule has 0 bridgehead atoms. The first-order valence-corrected chi connectivity index (χ1v) is 6.42. The van der Waals surface area contributed by atoms with E-state index in [0.29, 0.717) is 22.3 Å². The highest BCUT2D eigenvalue weighted by molar-refractivity contribution is 6.08. The molecule has 0 N–H and O–H groups in total. The van der Waals surface area contributed by atoms with Gasteiger partial charge in [-0.1, -0.05) is 0 Å². The van der Waals surface area contributed by atoms with Crippen LogP contribution in [0.2, 0.25) is 0 Å². The average molecular weight is 304 g/mol. The molecule has 0 heterocycles.